The number of nitrogens with zero attached hydrogens (tertiary/aromatic N) is 2. The molecule has 0 aliphatic heterocycles. The standard InChI is InChI=1S/C24H31N3O3S/c1-6-16(2)25-23(28)20-14-22(27(17(20)3)12-7-13-29-4)21-15-31-24(26-21)18-8-10-19(30-5)11-9-18/h8-11,14-16H,6-7,12-13H2,1-5H3,(H,25,28). The zero-order valence-electron chi connectivity index (χ0n) is 18.9. The summed E-state index contributed by atoms with van der Waals surface area (Å²) in [7, 11) is 3.36. The Morgan fingerprint density at radius 1 is 1.26 bits per heavy atom. The second kappa shape index (κ2) is 10.6. The maximum absolute atomic E-state index is 12.9. The summed E-state index contributed by atoms with van der Waals surface area (Å²) >= 11 is 1.60. The van der Waals surface area contributed by atoms with E-state index < -0.39 is 0 Å². The van der Waals surface area contributed by atoms with Crippen molar-refractivity contribution >= 4 is 17.2 Å². The molecular formula is C24H31N3O3S. The minimum absolute atomic E-state index is 0.0378. The van der Waals surface area contributed by atoms with Crippen LogP contribution in [0.4, 0.5) is 0 Å². The third kappa shape index (κ3) is 5.35. The lowest BCUT2D eigenvalue weighted by molar-refractivity contribution is 0.0938. The maximum atomic E-state index is 12.9. The second-order valence-corrected chi connectivity index (χ2v) is 8.43. The molecule has 1 aromatic carbocycles. The van der Waals surface area contributed by atoms with Crippen LogP contribution >= 0.6 is 11.3 Å². The molecule has 0 spiro atoms. The van der Waals surface area contributed by atoms with Crippen LogP contribution in [0.5, 0.6) is 5.75 Å². The summed E-state index contributed by atoms with van der Waals surface area (Å²) in [6.07, 6.45) is 1.75. The summed E-state index contributed by atoms with van der Waals surface area (Å²) in [6.45, 7) is 7.51. The molecule has 2 aromatic heterocycles. The van der Waals surface area contributed by atoms with Gasteiger partial charge in [-0.1, -0.05) is 6.92 Å². The van der Waals surface area contributed by atoms with Crippen LogP contribution in [0, 0.1) is 6.92 Å². The third-order valence-electron chi connectivity index (χ3n) is 5.43. The zero-order valence-corrected chi connectivity index (χ0v) is 19.7. The highest BCUT2D eigenvalue weighted by atomic mass is 32.1. The first-order chi connectivity index (χ1) is 15.0. The smallest absolute Gasteiger partial charge is 0.253 e. The highest BCUT2D eigenvalue weighted by Gasteiger charge is 2.21. The van der Waals surface area contributed by atoms with E-state index in [0.29, 0.717) is 12.2 Å². The first kappa shape index (κ1) is 23.0. The number of amides is 1. The van der Waals surface area contributed by atoms with Gasteiger partial charge in [-0.2, -0.15) is 0 Å². The molecule has 1 atom stereocenters. The predicted molar refractivity (Wildman–Crippen MR) is 126 cm³/mol. The fraction of sp³-hybridized carbons (Fsp3) is 0.417. The molecule has 0 radical (unpaired) electrons. The quantitative estimate of drug-likeness (QED) is 0.441. The Morgan fingerprint density at radius 3 is 2.65 bits per heavy atom. The molecule has 31 heavy (non-hydrogen) atoms. The number of hydrogen-bond donors (Lipinski definition) is 1. The molecule has 0 aliphatic rings. The predicted octanol–water partition coefficient (Wildman–Crippen LogP) is 5.16. The fourth-order valence-electron chi connectivity index (χ4n) is 3.40. The molecule has 0 saturated carbocycles. The Labute approximate surface area is 188 Å². The van der Waals surface area contributed by atoms with Crippen LogP contribution in [0.3, 0.4) is 0 Å². The van der Waals surface area contributed by atoms with E-state index in [1.165, 1.54) is 0 Å². The van der Waals surface area contributed by atoms with Gasteiger partial charge in [0.2, 0.25) is 0 Å². The molecule has 0 bridgehead atoms. The van der Waals surface area contributed by atoms with Gasteiger partial charge in [-0.15, -0.1) is 11.3 Å². The van der Waals surface area contributed by atoms with Crippen LogP contribution in [-0.4, -0.2) is 42.3 Å². The monoisotopic (exact) mass is 441 g/mol. The maximum Gasteiger partial charge on any atom is 0.253 e. The van der Waals surface area contributed by atoms with Gasteiger partial charge in [-0.3, -0.25) is 4.79 Å². The van der Waals surface area contributed by atoms with E-state index in [2.05, 4.69) is 22.2 Å². The van der Waals surface area contributed by atoms with Crippen molar-refractivity contribution in [2.45, 2.75) is 46.2 Å². The van der Waals surface area contributed by atoms with Crippen LogP contribution in [0.2, 0.25) is 0 Å². The second-order valence-electron chi connectivity index (χ2n) is 7.58. The van der Waals surface area contributed by atoms with Crippen LogP contribution < -0.4 is 10.1 Å². The first-order valence-electron chi connectivity index (χ1n) is 10.6. The van der Waals surface area contributed by atoms with Crippen LogP contribution in [0.15, 0.2) is 35.7 Å². The lowest BCUT2D eigenvalue weighted by atomic mass is 10.2. The van der Waals surface area contributed by atoms with Crippen molar-refractivity contribution in [1.29, 1.82) is 0 Å². The number of hydrogen-bond acceptors (Lipinski definition) is 5. The summed E-state index contributed by atoms with van der Waals surface area (Å²) in [5.74, 6) is 0.782. The highest BCUT2D eigenvalue weighted by molar-refractivity contribution is 7.13. The van der Waals surface area contributed by atoms with E-state index in [4.69, 9.17) is 14.5 Å². The average Bonchev–Trinajstić information content (AvgIpc) is 3.39. The normalized spacial score (nSPS) is 12.0. The van der Waals surface area contributed by atoms with Gasteiger partial charge in [-0.25, -0.2) is 4.98 Å². The Morgan fingerprint density at radius 2 is 2.00 bits per heavy atom. The number of thiazole rings is 1. The number of benzene rings is 1. The minimum atomic E-state index is -0.0378. The van der Waals surface area contributed by atoms with Crippen molar-refractivity contribution in [2.75, 3.05) is 20.8 Å². The van der Waals surface area contributed by atoms with Crippen molar-refractivity contribution in [3.05, 3.63) is 47.0 Å². The van der Waals surface area contributed by atoms with Gasteiger partial charge in [0.1, 0.15) is 10.8 Å². The lowest BCUT2D eigenvalue weighted by Gasteiger charge is -2.12. The molecule has 0 fully saturated rings. The van der Waals surface area contributed by atoms with Crippen molar-refractivity contribution in [2.24, 2.45) is 0 Å². The molecule has 2 heterocycles. The molecule has 1 unspecified atom stereocenters. The molecule has 0 aliphatic carbocycles. The van der Waals surface area contributed by atoms with Gasteiger partial charge in [0, 0.05) is 42.9 Å². The molecule has 1 N–H and O–H groups in total. The van der Waals surface area contributed by atoms with E-state index in [9.17, 15) is 4.79 Å². The summed E-state index contributed by atoms with van der Waals surface area (Å²) in [6, 6.07) is 9.99. The number of carbonyl (C=O) groups excluding carboxylic acids is 1. The van der Waals surface area contributed by atoms with E-state index in [0.717, 1.165) is 52.8 Å². The van der Waals surface area contributed by atoms with Crippen molar-refractivity contribution in [1.82, 2.24) is 14.9 Å². The molecule has 1 amide bonds. The largest absolute Gasteiger partial charge is 0.497 e. The third-order valence-corrected chi connectivity index (χ3v) is 6.33. The van der Waals surface area contributed by atoms with E-state index >= 15 is 0 Å². The number of carbonyl (C=O) groups is 1. The minimum Gasteiger partial charge on any atom is -0.497 e. The number of ether oxygens (including phenoxy) is 2. The van der Waals surface area contributed by atoms with Gasteiger partial charge < -0.3 is 19.4 Å². The fourth-order valence-corrected chi connectivity index (χ4v) is 4.22. The molecule has 3 aromatic rings. The molecule has 6 nitrogen and oxygen atoms in total. The number of aromatic nitrogens is 2. The zero-order chi connectivity index (χ0) is 22.4. The summed E-state index contributed by atoms with van der Waals surface area (Å²) in [4.78, 5) is 17.7. The number of rotatable bonds is 10. The van der Waals surface area contributed by atoms with Crippen molar-refractivity contribution < 1.29 is 14.3 Å². The van der Waals surface area contributed by atoms with E-state index in [-0.39, 0.29) is 11.9 Å². The SMILES string of the molecule is CCC(C)NC(=O)c1cc(-c2csc(-c3ccc(OC)cc3)n2)n(CCCOC)c1C. The number of methoxy groups -OCH3 is 2. The molecule has 7 heteroatoms. The molecule has 3 rings (SSSR count). The first-order valence-corrected chi connectivity index (χ1v) is 11.5. The van der Waals surface area contributed by atoms with Crippen LogP contribution in [0.1, 0.15) is 42.7 Å². The molecule has 166 valence electrons. The summed E-state index contributed by atoms with van der Waals surface area (Å²) in [5.41, 5.74) is 4.52. The van der Waals surface area contributed by atoms with Crippen molar-refractivity contribution in [3.63, 3.8) is 0 Å². The van der Waals surface area contributed by atoms with Gasteiger partial charge in [0.05, 0.1) is 24.1 Å². The average molecular weight is 442 g/mol. The van der Waals surface area contributed by atoms with Crippen molar-refractivity contribution in [3.8, 4) is 27.7 Å². The van der Waals surface area contributed by atoms with E-state index in [1.807, 2.05) is 44.2 Å². The summed E-state index contributed by atoms with van der Waals surface area (Å²) < 4.78 is 12.7. The summed E-state index contributed by atoms with van der Waals surface area (Å²) in [5, 5.41) is 6.07. The van der Waals surface area contributed by atoms with Gasteiger partial charge >= 0.3 is 0 Å². The lowest BCUT2D eigenvalue weighted by Crippen LogP contribution is -2.32. The Kier molecular flexibility index (Phi) is 7.87. The van der Waals surface area contributed by atoms with Crippen LogP contribution in [-0.2, 0) is 11.3 Å². The molecule has 0 saturated heterocycles. The van der Waals surface area contributed by atoms with Gasteiger partial charge in [-0.05, 0) is 57.0 Å². The Balaban J connectivity index is 1.95. The van der Waals surface area contributed by atoms with E-state index in [1.54, 1.807) is 25.6 Å². The van der Waals surface area contributed by atoms with Crippen LogP contribution in [0.25, 0.3) is 22.0 Å². The highest BCUT2D eigenvalue weighted by Crippen LogP contribution is 2.32. The topological polar surface area (TPSA) is 65.4 Å². The molecular weight excluding hydrogens is 410 g/mol. The van der Waals surface area contributed by atoms with Gasteiger partial charge in [0.15, 0.2) is 0 Å². The Hall–Kier alpha value is -2.64. The number of nitrogens with one attached hydrogen (secondary N) is 1. The van der Waals surface area contributed by atoms with Gasteiger partial charge in [0.25, 0.3) is 5.91 Å². The Bertz CT molecular complexity index is 1010.